The van der Waals surface area contributed by atoms with Gasteiger partial charge >= 0.3 is 0 Å². The molecule has 0 aliphatic heterocycles. The summed E-state index contributed by atoms with van der Waals surface area (Å²) in [5.41, 5.74) is -1.33. The Labute approximate surface area is 93.3 Å². The van der Waals surface area contributed by atoms with Gasteiger partial charge in [0.25, 0.3) is 0 Å². The van der Waals surface area contributed by atoms with Gasteiger partial charge in [0.1, 0.15) is 0 Å². The van der Waals surface area contributed by atoms with Gasteiger partial charge in [-0.2, -0.15) is 0 Å². The minimum absolute atomic E-state index is 0.543. The second kappa shape index (κ2) is 4.97. The van der Waals surface area contributed by atoms with Gasteiger partial charge in [-0.25, -0.2) is 22.0 Å². The summed E-state index contributed by atoms with van der Waals surface area (Å²) >= 11 is 0. The van der Waals surface area contributed by atoms with Crippen molar-refractivity contribution in [1.29, 1.82) is 0 Å². The molecule has 0 heterocycles. The molecular weight excluding hydrogens is 247 g/mol. The topological polar surface area (TPSA) is 40.5 Å². The fourth-order valence-corrected chi connectivity index (χ4v) is 1.36. The molecule has 0 aliphatic carbocycles. The first-order valence-electron chi connectivity index (χ1n) is 4.64. The van der Waals surface area contributed by atoms with E-state index in [-0.39, 0.29) is 0 Å². The van der Waals surface area contributed by atoms with Crippen molar-refractivity contribution in [3.8, 4) is 0 Å². The minimum Gasteiger partial charge on any atom is -0.393 e. The van der Waals surface area contributed by atoms with Crippen LogP contribution in [0.3, 0.4) is 0 Å². The zero-order valence-electron chi connectivity index (χ0n) is 8.65. The molecule has 1 aromatic rings. The maximum absolute atomic E-state index is 13.1. The summed E-state index contributed by atoms with van der Waals surface area (Å²) in [4.78, 5) is 0. The van der Waals surface area contributed by atoms with Crippen molar-refractivity contribution in [3.05, 3.63) is 34.6 Å². The molecule has 0 fully saturated rings. The standard InChI is InChI=1S/C10H9F5O2/c1-3(16)2-4(17)5-6(11)8(13)10(15)9(14)7(5)12/h3-4,16-17H,2H2,1H3. The quantitative estimate of drug-likeness (QED) is 0.494. The van der Waals surface area contributed by atoms with E-state index in [1.807, 2.05) is 0 Å². The monoisotopic (exact) mass is 256 g/mol. The number of benzene rings is 1. The minimum atomic E-state index is -2.28. The normalized spacial score (nSPS) is 14.8. The molecule has 2 unspecified atom stereocenters. The molecule has 0 amide bonds. The van der Waals surface area contributed by atoms with Crippen LogP contribution in [0.5, 0.6) is 0 Å². The Morgan fingerprint density at radius 2 is 1.18 bits per heavy atom. The summed E-state index contributed by atoms with van der Waals surface area (Å²) in [6, 6.07) is 0. The van der Waals surface area contributed by atoms with Gasteiger partial charge in [-0.1, -0.05) is 0 Å². The Balaban J connectivity index is 3.33. The maximum atomic E-state index is 13.1. The van der Waals surface area contributed by atoms with Gasteiger partial charge < -0.3 is 10.2 Å². The molecule has 0 saturated heterocycles. The number of rotatable bonds is 3. The molecule has 1 rings (SSSR count). The Morgan fingerprint density at radius 3 is 1.53 bits per heavy atom. The van der Waals surface area contributed by atoms with Gasteiger partial charge in [-0.15, -0.1) is 0 Å². The molecule has 0 bridgehead atoms. The second-order valence-electron chi connectivity index (χ2n) is 3.58. The average molecular weight is 256 g/mol. The Kier molecular flexibility index (Phi) is 4.05. The molecule has 0 spiro atoms. The molecule has 7 heteroatoms. The molecule has 0 saturated carbocycles. The SMILES string of the molecule is CC(O)CC(O)c1c(F)c(F)c(F)c(F)c1F. The van der Waals surface area contributed by atoms with Gasteiger partial charge in [-0.3, -0.25) is 0 Å². The molecule has 2 atom stereocenters. The van der Waals surface area contributed by atoms with E-state index in [9.17, 15) is 27.1 Å². The molecule has 0 aliphatic rings. The van der Waals surface area contributed by atoms with Crippen LogP contribution in [0.2, 0.25) is 0 Å². The van der Waals surface area contributed by atoms with Crippen LogP contribution in [0, 0.1) is 29.1 Å². The van der Waals surface area contributed by atoms with Crippen molar-refractivity contribution in [3.63, 3.8) is 0 Å². The molecular formula is C10H9F5O2. The molecule has 2 N–H and O–H groups in total. The van der Waals surface area contributed by atoms with Crippen LogP contribution in [0.4, 0.5) is 22.0 Å². The van der Waals surface area contributed by atoms with E-state index in [0.717, 1.165) is 0 Å². The summed E-state index contributed by atoms with van der Waals surface area (Å²) in [6.07, 6.45) is -3.67. The van der Waals surface area contributed by atoms with Gasteiger partial charge in [0.2, 0.25) is 5.82 Å². The Morgan fingerprint density at radius 1 is 0.824 bits per heavy atom. The average Bonchev–Trinajstić information content (AvgIpc) is 2.23. The largest absolute Gasteiger partial charge is 0.393 e. The number of aliphatic hydroxyl groups is 2. The highest BCUT2D eigenvalue weighted by molar-refractivity contribution is 5.26. The van der Waals surface area contributed by atoms with Crippen LogP contribution in [-0.2, 0) is 0 Å². The summed E-state index contributed by atoms with van der Waals surface area (Å²) in [7, 11) is 0. The maximum Gasteiger partial charge on any atom is 0.200 e. The summed E-state index contributed by atoms with van der Waals surface area (Å²) in [5.74, 6) is -10.7. The molecule has 0 aromatic heterocycles. The first kappa shape index (κ1) is 13.9. The number of hydrogen-bond acceptors (Lipinski definition) is 2. The van der Waals surface area contributed by atoms with E-state index in [1.54, 1.807) is 0 Å². The highest BCUT2D eigenvalue weighted by Crippen LogP contribution is 2.29. The van der Waals surface area contributed by atoms with E-state index >= 15 is 0 Å². The molecule has 0 radical (unpaired) electrons. The van der Waals surface area contributed by atoms with Crippen LogP contribution in [-0.4, -0.2) is 16.3 Å². The van der Waals surface area contributed by atoms with Crippen molar-refractivity contribution >= 4 is 0 Å². The Hall–Kier alpha value is -1.21. The van der Waals surface area contributed by atoms with E-state index < -0.39 is 53.3 Å². The third kappa shape index (κ3) is 2.55. The van der Waals surface area contributed by atoms with Gasteiger partial charge in [0.05, 0.1) is 17.8 Å². The Bertz CT molecular complexity index is 404. The van der Waals surface area contributed by atoms with Crippen molar-refractivity contribution in [2.45, 2.75) is 25.6 Å². The molecule has 2 nitrogen and oxygen atoms in total. The van der Waals surface area contributed by atoms with Crippen LogP contribution in [0.25, 0.3) is 0 Å². The number of aliphatic hydroxyl groups excluding tert-OH is 2. The lowest BCUT2D eigenvalue weighted by Gasteiger charge is -2.15. The molecule has 1 aromatic carbocycles. The predicted octanol–water partition coefficient (Wildman–Crippen LogP) is 2.19. The van der Waals surface area contributed by atoms with Crippen molar-refractivity contribution in [2.24, 2.45) is 0 Å². The highest BCUT2D eigenvalue weighted by atomic mass is 19.2. The van der Waals surface area contributed by atoms with Gasteiger partial charge in [0.15, 0.2) is 23.3 Å². The lowest BCUT2D eigenvalue weighted by Crippen LogP contribution is -2.15. The lowest BCUT2D eigenvalue weighted by molar-refractivity contribution is 0.0844. The van der Waals surface area contributed by atoms with Crippen LogP contribution in [0.15, 0.2) is 0 Å². The molecule has 17 heavy (non-hydrogen) atoms. The third-order valence-corrected chi connectivity index (χ3v) is 2.14. The summed E-state index contributed by atoms with van der Waals surface area (Å²) in [6.45, 7) is 1.20. The number of hydrogen-bond donors (Lipinski definition) is 2. The second-order valence-corrected chi connectivity index (χ2v) is 3.58. The van der Waals surface area contributed by atoms with Crippen molar-refractivity contribution < 1.29 is 32.2 Å². The fourth-order valence-electron chi connectivity index (χ4n) is 1.36. The first-order valence-corrected chi connectivity index (χ1v) is 4.64. The predicted molar refractivity (Wildman–Crippen MR) is 47.5 cm³/mol. The smallest absolute Gasteiger partial charge is 0.200 e. The lowest BCUT2D eigenvalue weighted by atomic mass is 10.0. The van der Waals surface area contributed by atoms with Gasteiger partial charge in [-0.05, 0) is 6.92 Å². The van der Waals surface area contributed by atoms with Gasteiger partial charge in [0, 0.05) is 6.42 Å². The summed E-state index contributed by atoms with van der Waals surface area (Å²) < 4.78 is 64.5. The third-order valence-electron chi connectivity index (χ3n) is 2.14. The van der Waals surface area contributed by atoms with E-state index in [0.29, 0.717) is 0 Å². The van der Waals surface area contributed by atoms with E-state index in [4.69, 9.17) is 5.11 Å². The van der Waals surface area contributed by atoms with Crippen molar-refractivity contribution in [2.75, 3.05) is 0 Å². The van der Waals surface area contributed by atoms with Crippen LogP contribution >= 0.6 is 0 Å². The van der Waals surface area contributed by atoms with E-state index in [2.05, 4.69) is 0 Å². The highest BCUT2D eigenvalue weighted by Gasteiger charge is 2.29. The molecule has 96 valence electrons. The zero-order valence-corrected chi connectivity index (χ0v) is 8.65. The van der Waals surface area contributed by atoms with E-state index in [1.165, 1.54) is 6.92 Å². The number of halogens is 5. The fraction of sp³-hybridized carbons (Fsp3) is 0.400. The van der Waals surface area contributed by atoms with Crippen LogP contribution in [0.1, 0.15) is 25.0 Å². The van der Waals surface area contributed by atoms with Crippen molar-refractivity contribution in [1.82, 2.24) is 0 Å². The van der Waals surface area contributed by atoms with Crippen LogP contribution < -0.4 is 0 Å². The zero-order chi connectivity index (χ0) is 13.3. The first-order chi connectivity index (χ1) is 7.77. The summed E-state index contributed by atoms with van der Waals surface area (Å²) in [5, 5.41) is 18.2.